The third-order valence-corrected chi connectivity index (χ3v) is 2.22. The first kappa shape index (κ1) is 14.1. The topological polar surface area (TPSA) is 44.5 Å². The van der Waals surface area contributed by atoms with E-state index in [2.05, 4.69) is 0 Å². The molecule has 2 N–H and O–H groups in total. The lowest BCUT2D eigenvalue weighted by Crippen LogP contribution is -2.22. The monoisotopic (exact) mass is 261 g/mol. The molecule has 0 saturated carbocycles. The maximum atomic E-state index is 13.2. The highest BCUT2D eigenvalue weighted by Crippen LogP contribution is 2.28. The van der Waals surface area contributed by atoms with Crippen LogP contribution in [0.3, 0.4) is 0 Å². The maximum Gasteiger partial charge on any atom is 0.145 e. The molecule has 0 unspecified atom stereocenters. The van der Waals surface area contributed by atoms with Gasteiger partial charge in [0.25, 0.3) is 0 Å². The minimum absolute atomic E-state index is 0.0132. The fraction of sp³-hybridized carbons (Fsp3) is 0.500. The second kappa shape index (κ2) is 5.56. The number of ether oxygens (including phenoxy) is 2. The predicted octanol–water partition coefficient (Wildman–Crippen LogP) is 3.26. The number of halogens is 2. The van der Waals surface area contributed by atoms with Crippen LogP contribution < -0.4 is 10.5 Å². The fourth-order valence-corrected chi connectivity index (χ4v) is 1.34. The van der Waals surface area contributed by atoms with E-state index in [9.17, 15) is 4.39 Å². The van der Waals surface area contributed by atoms with E-state index in [1.807, 2.05) is 20.8 Å². The molecule has 17 heavy (non-hydrogen) atoms. The Labute approximate surface area is 106 Å². The molecular formula is C12H17ClFNO2. The minimum Gasteiger partial charge on any atom is -0.489 e. The first-order valence-corrected chi connectivity index (χ1v) is 5.68. The molecule has 5 heteroatoms. The standard InChI is InChI=1S/C12H17ClFNO2/c1-12(2,3)17-5-4-16-11-7-9(14)8(13)6-10(11)15/h6-7H,4-5,15H2,1-3H3. The fourth-order valence-electron chi connectivity index (χ4n) is 1.17. The van der Waals surface area contributed by atoms with E-state index in [4.69, 9.17) is 26.8 Å². The Balaban J connectivity index is 2.50. The molecule has 0 fully saturated rings. The molecular weight excluding hydrogens is 245 g/mol. The molecule has 1 aromatic rings. The summed E-state index contributed by atoms with van der Waals surface area (Å²) in [4.78, 5) is 0. The molecule has 1 aromatic carbocycles. The lowest BCUT2D eigenvalue weighted by Gasteiger charge is -2.19. The lowest BCUT2D eigenvalue weighted by molar-refractivity contribution is -0.0162. The van der Waals surface area contributed by atoms with Crippen molar-refractivity contribution in [1.29, 1.82) is 0 Å². The van der Waals surface area contributed by atoms with Crippen molar-refractivity contribution >= 4 is 17.3 Å². The van der Waals surface area contributed by atoms with Crippen LogP contribution in [-0.2, 0) is 4.74 Å². The average Bonchev–Trinajstić information content (AvgIpc) is 2.18. The molecule has 0 spiro atoms. The highest BCUT2D eigenvalue weighted by molar-refractivity contribution is 6.31. The van der Waals surface area contributed by atoms with Crippen LogP contribution in [0, 0.1) is 5.82 Å². The van der Waals surface area contributed by atoms with E-state index in [1.54, 1.807) is 0 Å². The van der Waals surface area contributed by atoms with Crippen LogP contribution in [-0.4, -0.2) is 18.8 Å². The number of hydrogen-bond donors (Lipinski definition) is 1. The van der Waals surface area contributed by atoms with Crippen LogP contribution in [0.15, 0.2) is 12.1 Å². The van der Waals surface area contributed by atoms with E-state index in [0.717, 1.165) is 0 Å². The highest BCUT2D eigenvalue weighted by atomic mass is 35.5. The van der Waals surface area contributed by atoms with Gasteiger partial charge in [-0.1, -0.05) is 11.6 Å². The van der Waals surface area contributed by atoms with Gasteiger partial charge in [-0.15, -0.1) is 0 Å². The summed E-state index contributed by atoms with van der Waals surface area (Å²) >= 11 is 5.57. The number of benzene rings is 1. The number of rotatable bonds is 4. The highest BCUT2D eigenvalue weighted by Gasteiger charge is 2.10. The summed E-state index contributed by atoms with van der Waals surface area (Å²) in [6.45, 7) is 6.56. The van der Waals surface area contributed by atoms with Gasteiger partial charge >= 0.3 is 0 Å². The van der Waals surface area contributed by atoms with Crippen molar-refractivity contribution in [3.05, 3.63) is 23.0 Å². The van der Waals surface area contributed by atoms with Crippen molar-refractivity contribution in [2.24, 2.45) is 0 Å². The zero-order valence-electron chi connectivity index (χ0n) is 10.2. The van der Waals surface area contributed by atoms with E-state index in [0.29, 0.717) is 18.9 Å². The van der Waals surface area contributed by atoms with Crippen LogP contribution in [0.1, 0.15) is 20.8 Å². The van der Waals surface area contributed by atoms with Crippen molar-refractivity contribution in [2.45, 2.75) is 26.4 Å². The number of anilines is 1. The SMILES string of the molecule is CC(C)(C)OCCOc1cc(F)c(Cl)cc1N. The van der Waals surface area contributed by atoms with Gasteiger partial charge in [0.2, 0.25) is 0 Å². The van der Waals surface area contributed by atoms with Crippen LogP contribution in [0.5, 0.6) is 5.75 Å². The maximum absolute atomic E-state index is 13.2. The molecule has 0 atom stereocenters. The Morgan fingerprint density at radius 2 is 1.94 bits per heavy atom. The Kier molecular flexibility index (Phi) is 4.60. The first-order chi connectivity index (χ1) is 7.79. The zero-order chi connectivity index (χ0) is 13.1. The van der Waals surface area contributed by atoms with Crippen molar-refractivity contribution in [3.8, 4) is 5.75 Å². The Bertz CT molecular complexity index is 391. The molecule has 3 nitrogen and oxygen atoms in total. The minimum atomic E-state index is -0.549. The largest absolute Gasteiger partial charge is 0.489 e. The summed E-state index contributed by atoms with van der Waals surface area (Å²) in [5.41, 5.74) is 5.73. The van der Waals surface area contributed by atoms with Crippen molar-refractivity contribution in [1.82, 2.24) is 0 Å². The number of nitrogen functional groups attached to an aromatic ring is 1. The smallest absolute Gasteiger partial charge is 0.145 e. The molecule has 1 rings (SSSR count). The molecule has 0 heterocycles. The summed E-state index contributed by atoms with van der Waals surface area (Å²) < 4.78 is 23.9. The second-order valence-electron chi connectivity index (χ2n) is 4.61. The van der Waals surface area contributed by atoms with E-state index >= 15 is 0 Å². The van der Waals surface area contributed by atoms with Crippen molar-refractivity contribution in [3.63, 3.8) is 0 Å². The van der Waals surface area contributed by atoms with Crippen LogP contribution in [0.2, 0.25) is 5.02 Å². The molecule has 0 aliphatic carbocycles. The first-order valence-electron chi connectivity index (χ1n) is 5.31. The number of hydrogen-bond acceptors (Lipinski definition) is 3. The summed E-state index contributed by atoms with van der Waals surface area (Å²) in [6.07, 6.45) is 0. The Morgan fingerprint density at radius 1 is 1.29 bits per heavy atom. The molecule has 0 saturated heterocycles. The summed E-state index contributed by atoms with van der Waals surface area (Å²) in [6, 6.07) is 2.51. The van der Waals surface area contributed by atoms with Crippen molar-refractivity contribution in [2.75, 3.05) is 18.9 Å². The lowest BCUT2D eigenvalue weighted by atomic mass is 10.2. The van der Waals surface area contributed by atoms with Crippen molar-refractivity contribution < 1.29 is 13.9 Å². The molecule has 0 amide bonds. The van der Waals surface area contributed by atoms with Gasteiger partial charge in [0.1, 0.15) is 18.2 Å². The van der Waals surface area contributed by atoms with E-state index < -0.39 is 5.82 Å². The van der Waals surface area contributed by atoms with Gasteiger partial charge in [-0.05, 0) is 26.8 Å². The summed E-state index contributed by atoms with van der Waals surface area (Å²) in [5.74, 6) is -0.267. The van der Waals surface area contributed by atoms with Gasteiger partial charge in [0.05, 0.1) is 22.9 Å². The molecule has 96 valence electrons. The molecule has 0 radical (unpaired) electrons. The molecule has 0 aromatic heterocycles. The van der Waals surface area contributed by atoms with Gasteiger partial charge in [0, 0.05) is 6.07 Å². The third-order valence-electron chi connectivity index (χ3n) is 1.93. The zero-order valence-corrected chi connectivity index (χ0v) is 11.0. The van der Waals surface area contributed by atoms with Crippen LogP contribution in [0.25, 0.3) is 0 Å². The Morgan fingerprint density at radius 3 is 2.53 bits per heavy atom. The second-order valence-corrected chi connectivity index (χ2v) is 5.02. The molecule has 0 aliphatic rings. The van der Waals surface area contributed by atoms with Crippen LogP contribution in [0.4, 0.5) is 10.1 Å². The predicted molar refractivity (Wildman–Crippen MR) is 67.0 cm³/mol. The van der Waals surface area contributed by atoms with Gasteiger partial charge in [0.15, 0.2) is 0 Å². The molecule has 0 bridgehead atoms. The normalized spacial score (nSPS) is 11.6. The molecule has 0 aliphatic heterocycles. The number of nitrogens with two attached hydrogens (primary N) is 1. The van der Waals surface area contributed by atoms with E-state index in [-0.39, 0.29) is 16.4 Å². The van der Waals surface area contributed by atoms with Gasteiger partial charge < -0.3 is 15.2 Å². The van der Waals surface area contributed by atoms with Crippen LogP contribution >= 0.6 is 11.6 Å². The van der Waals surface area contributed by atoms with E-state index in [1.165, 1.54) is 12.1 Å². The third kappa shape index (κ3) is 4.79. The van der Waals surface area contributed by atoms with Gasteiger partial charge in [-0.2, -0.15) is 0 Å². The van der Waals surface area contributed by atoms with Gasteiger partial charge in [-0.3, -0.25) is 0 Å². The average molecular weight is 262 g/mol. The summed E-state index contributed by atoms with van der Waals surface area (Å²) in [7, 11) is 0. The Hall–Kier alpha value is -1.00. The quantitative estimate of drug-likeness (QED) is 0.668. The van der Waals surface area contributed by atoms with Gasteiger partial charge in [-0.25, -0.2) is 4.39 Å². The summed E-state index contributed by atoms with van der Waals surface area (Å²) in [5, 5.41) is -0.0132.